The second kappa shape index (κ2) is 12.0. The number of anilines is 1. The molecule has 0 saturated heterocycles. The number of aromatic nitrogens is 3. The lowest BCUT2D eigenvalue weighted by atomic mass is 9.95. The number of pyridine rings is 2. The Kier molecular flexibility index (Phi) is 7.92. The highest BCUT2D eigenvalue weighted by Gasteiger charge is 2.27. The topological polar surface area (TPSA) is 140 Å². The summed E-state index contributed by atoms with van der Waals surface area (Å²) in [5, 5.41) is 15.4. The van der Waals surface area contributed by atoms with E-state index < -0.39 is 5.91 Å². The lowest BCUT2D eigenvalue weighted by molar-refractivity contribution is 0.0963. The maximum Gasteiger partial charge on any atom is 0.267 e. The standard InChI is InChI=1S/C32H32N6O5S/c1-34-30(40)26-19-8-4-5-9-24(19)44-31(26)36-29(39)20-17-21-28(35-25-10-6-7-14-37(25)32(21)41)38(27(20)33)15-13-18-11-12-22(42-2)23(16-18)43-3/h6-7,10-12,14,16-17,33H,4-5,8-9,13,15H2,1-3H3,(H,34,40)(H,36,39). The fraction of sp³-hybridized carbons (Fsp3) is 0.281. The van der Waals surface area contributed by atoms with Crippen LogP contribution in [0.2, 0.25) is 0 Å². The Labute approximate surface area is 256 Å². The molecule has 0 aliphatic heterocycles. The minimum atomic E-state index is -0.571. The molecule has 0 saturated carbocycles. The molecule has 0 unspecified atom stereocenters. The molecule has 5 aromatic rings. The quantitative estimate of drug-likeness (QED) is 0.227. The summed E-state index contributed by atoms with van der Waals surface area (Å²) in [5.41, 5.74) is 2.66. The first-order chi connectivity index (χ1) is 21.3. The summed E-state index contributed by atoms with van der Waals surface area (Å²) < 4.78 is 13.8. The zero-order valence-corrected chi connectivity index (χ0v) is 25.5. The second-order valence-electron chi connectivity index (χ2n) is 10.5. The Morgan fingerprint density at radius 1 is 1.05 bits per heavy atom. The number of carbonyl (C=O) groups excluding carboxylic acids is 2. The van der Waals surface area contributed by atoms with Gasteiger partial charge in [-0.1, -0.05) is 12.1 Å². The summed E-state index contributed by atoms with van der Waals surface area (Å²) in [4.78, 5) is 46.3. The minimum Gasteiger partial charge on any atom is -0.493 e. The number of hydrogen-bond acceptors (Lipinski definition) is 8. The predicted octanol–water partition coefficient (Wildman–Crippen LogP) is 3.94. The van der Waals surface area contributed by atoms with Gasteiger partial charge < -0.3 is 24.7 Å². The number of nitrogens with one attached hydrogen (secondary N) is 3. The van der Waals surface area contributed by atoms with E-state index >= 15 is 0 Å². The van der Waals surface area contributed by atoms with E-state index in [1.165, 1.54) is 21.8 Å². The number of nitrogens with zero attached hydrogens (tertiary/aromatic N) is 3. The second-order valence-corrected chi connectivity index (χ2v) is 11.6. The molecule has 0 radical (unpaired) electrons. The zero-order chi connectivity index (χ0) is 31.0. The van der Waals surface area contributed by atoms with Crippen molar-refractivity contribution in [3.05, 3.63) is 91.6 Å². The number of thiophene rings is 1. The van der Waals surface area contributed by atoms with E-state index in [1.54, 1.807) is 50.2 Å². The van der Waals surface area contributed by atoms with E-state index in [0.29, 0.717) is 39.8 Å². The molecule has 0 bridgehead atoms. The third kappa shape index (κ3) is 5.11. The molecule has 12 heteroatoms. The number of methoxy groups -OCH3 is 2. The Morgan fingerprint density at radius 3 is 2.61 bits per heavy atom. The molecule has 4 aromatic heterocycles. The first-order valence-corrected chi connectivity index (χ1v) is 15.1. The van der Waals surface area contributed by atoms with Gasteiger partial charge in [-0.25, -0.2) is 4.98 Å². The molecule has 44 heavy (non-hydrogen) atoms. The van der Waals surface area contributed by atoms with Gasteiger partial charge in [0, 0.05) is 24.7 Å². The van der Waals surface area contributed by atoms with Crippen molar-refractivity contribution in [3.63, 3.8) is 0 Å². The molecule has 1 aliphatic rings. The predicted molar refractivity (Wildman–Crippen MR) is 168 cm³/mol. The summed E-state index contributed by atoms with van der Waals surface area (Å²) in [7, 11) is 4.70. The third-order valence-electron chi connectivity index (χ3n) is 7.99. The zero-order valence-electron chi connectivity index (χ0n) is 24.7. The van der Waals surface area contributed by atoms with Crippen molar-refractivity contribution in [2.45, 2.75) is 38.6 Å². The highest BCUT2D eigenvalue weighted by molar-refractivity contribution is 7.17. The molecule has 226 valence electrons. The number of benzene rings is 1. The average Bonchev–Trinajstić information content (AvgIpc) is 3.41. The molecule has 0 fully saturated rings. The molecule has 1 aromatic carbocycles. The van der Waals surface area contributed by atoms with Gasteiger partial charge in [0.1, 0.15) is 21.8 Å². The van der Waals surface area contributed by atoms with Crippen LogP contribution in [0.15, 0.2) is 53.5 Å². The molecule has 11 nitrogen and oxygen atoms in total. The van der Waals surface area contributed by atoms with Crippen LogP contribution in [0, 0.1) is 5.41 Å². The van der Waals surface area contributed by atoms with Crippen LogP contribution in [0.3, 0.4) is 0 Å². The van der Waals surface area contributed by atoms with Crippen molar-refractivity contribution in [1.82, 2.24) is 19.3 Å². The minimum absolute atomic E-state index is 0.00817. The van der Waals surface area contributed by atoms with Crippen LogP contribution >= 0.6 is 11.3 Å². The number of rotatable bonds is 8. The van der Waals surface area contributed by atoms with E-state index in [2.05, 4.69) is 10.6 Å². The van der Waals surface area contributed by atoms with Crippen molar-refractivity contribution in [2.75, 3.05) is 26.6 Å². The average molecular weight is 613 g/mol. The Hall–Kier alpha value is -4.97. The normalized spacial score (nSPS) is 12.6. The summed E-state index contributed by atoms with van der Waals surface area (Å²) in [5.74, 6) is 0.343. The first kappa shape index (κ1) is 29.1. The highest BCUT2D eigenvalue weighted by Crippen LogP contribution is 2.38. The van der Waals surface area contributed by atoms with Crippen molar-refractivity contribution in [1.29, 1.82) is 5.41 Å². The van der Waals surface area contributed by atoms with Gasteiger partial charge in [0.15, 0.2) is 11.5 Å². The molecule has 1 aliphatic carbocycles. The fourth-order valence-electron chi connectivity index (χ4n) is 5.74. The van der Waals surface area contributed by atoms with E-state index in [0.717, 1.165) is 41.7 Å². The molecular formula is C32H32N6O5S. The molecule has 6 rings (SSSR count). The van der Waals surface area contributed by atoms with Crippen molar-refractivity contribution >= 4 is 44.8 Å². The summed E-state index contributed by atoms with van der Waals surface area (Å²) in [6.07, 6.45) is 5.72. The Bertz CT molecular complexity index is 2060. The van der Waals surface area contributed by atoms with Gasteiger partial charge in [0.05, 0.1) is 30.7 Å². The summed E-state index contributed by atoms with van der Waals surface area (Å²) in [6, 6.07) is 12.3. The van der Waals surface area contributed by atoms with Crippen LogP contribution in [0.1, 0.15) is 49.6 Å². The van der Waals surface area contributed by atoms with E-state index in [4.69, 9.17) is 19.9 Å². The van der Waals surface area contributed by atoms with Crippen LogP contribution < -0.4 is 31.2 Å². The van der Waals surface area contributed by atoms with Gasteiger partial charge in [0.2, 0.25) is 0 Å². The molecule has 0 atom stereocenters. The lowest BCUT2D eigenvalue weighted by Gasteiger charge is -2.16. The smallest absolute Gasteiger partial charge is 0.267 e. The number of ether oxygens (including phenoxy) is 2. The maximum absolute atomic E-state index is 13.9. The van der Waals surface area contributed by atoms with Crippen LogP contribution in [0.4, 0.5) is 5.00 Å². The SMILES string of the molecule is CNC(=O)c1c(NC(=O)c2cc3c(=O)n4ccccc4nc3n(CCc3ccc(OC)c(OC)c3)c2=N)sc2c1CCCC2. The molecule has 0 spiro atoms. The van der Waals surface area contributed by atoms with Gasteiger partial charge in [-0.3, -0.25) is 24.2 Å². The number of amides is 2. The van der Waals surface area contributed by atoms with Crippen molar-refractivity contribution in [2.24, 2.45) is 0 Å². The van der Waals surface area contributed by atoms with E-state index in [9.17, 15) is 14.4 Å². The van der Waals surface area contributed by atoms with Crippen molar-refractivity contribution in [3.8, 4) is 11.5 Å². The van der Waals surface area contributed by atoms with Gasteiger partial charge in [-0.2, -0.15) is 0 Å². The molecule has 2 amide bonds. The Morgan fingerprint density at radius 2 is 1.84 bits per heavy atom. The van der Waals surface area contributed by atoms with Gasteiger partial charge in [-0.05, 0) is 73.6 Å². The third-order valence-corrected chi connectivity index (χ3v) is 9.19. The number of fused-ring (bicyclic) bond motifs is 3. The monoisotopic (exact) mass is 612 g/mol. The molecule has 4 heterocycles. The van der Waals surface area contributed by atoms with Crippen LogP contribution in [-0.4, -0.2) is 47.0 Å². The fourth-order valence-corrected chi connectivity index (χ4v) is 7.03. The highest BCUT2D eigenvalue weighted by atomic mass is 32.1. The maximum atomic E-state index is 13.9. The number of aryl methyl sites for hydroxylation is 3. The number of carbonyl (C=O) groups is 2. The molecule has 3 N–H and O–H groups in total. The lowest BCUT2D eigenvalue weighted by Crippen LogP contribution is -2.33. The van der Waals surface area contributed by atoms with Gasteiger partial charge in [0.25, 0.3) is 17.4 Å². The van der Waals surface area contributed by atoms with Crippen LogP contribution in [-0.2, 0) is 25.8 Å². The first-order valence-electron chi connectivity index (χ1n) is 14.3. The largest absolute Gasteiger partial charge is 0.493 e. The van der Waals surface area contributed by atoms with Gasteiger partial charge >= 0.3 is 0 Å². The molecular weight excluding hydrogens is 580 g/mol. The van der Waals surface area contributed by atoms with Gasteiger partial charge in [-0.15, -0.1) is 11.3 Å². The van der Waals surface area contributed by atoms with E-state index in [-0.39, 0.29) is 34.4 Å². The van der Waals surface area contributed by atoms with Crippen molar-refractivity contribution < 1.29 is 19.1 Å². The van der Waals surface area contributed by atoms with E-state index in [1.807, 2.05) is 18.2 Å². The Balaban J connectivity index is 1.46. The number of hydrogen-bond donors (Lipinski definition) is 3. The van der Waals surface area contributed by atoms with Crippen LogP contribution in [0.25, 0.3) is 16.7 Å². The summed E-state index contributed by atoms with van der Waals surface area (Å²) in [6.45, 7) is 0.262. The summed E-state index contributed by atoms with van der Waals surface area (Å²) >= 11 is 1.40. The van der Waals surface area contributed by atoms with Crippen LogP contribution in [0.5, 0.6) is 11.5 Å².